The van der Waals surface area contributed by atoms with Crippen molar-refractivity contribution in [2.75, 3.05) is 5.73 Å². The molecule has 0 radical (unpaired) electrons. The van der Waals surface area contributed by atoms with E-state index in [9.17, 15) is 0 Å². The van der Waals surface area contributed by atoms with Crippen molar-refractivity contribution in [1.82, 2.24) is 4.98 Å². The zero-order valence-corrected chi connectivity index (χ0v) is 3.31. The lowest BCUT2D eigenvalue weighted by Crippen LogP contribution is -1.79. The summed E-state index contributed by atoms with van der Waals surface area (Å²) in [6.45, 7) is 0. The van der Waals surface area contributed by atoms with Crippen LogP contribution in [0.25, 0.3) is 0 Å². The van der Waals surface area contributed by atoms with Gasteiger partial charge in [0.15, 0.2) is 0 Å². The Labute approximate surface area is 36.0 Å². The number of anilines is 1. The fraction of sp³-hybridized carbons (Fsp3) is 0. The average Bonchev–Trinajstić information content (AvgIpc) is 1.86. The van der Waals surface area contributed by atoms with Crippen LogP contribution in [0.15, 0.2) is 18.3 Å². The lowest BCUT2D eigenvalue weighted by Gasteiger charge is -1.72. The molecule has 32 valence electrons. The van der Waals surface area contributed by atoms with Crippen molar-refractivity contribution in [1.29, 1.82) is 0 Å². The van der Waals surface area contributed by atoms with Crippen molar-refractivity contribution in [2.45, 2.75) is 0 Å². The molecule has 1 aromatic rings. The molecule has 0 fully saturated rings. The van der Waals surface area contributed by atoms with Crippen LogP contribution in [0.1, 0.15) is 0 Å². The van der Waals surface area contributed by atoms with E-state index in [4.69, 9.17) is 5.73 Å². The highest BCUT2D eigenvalue weighted by atomic mass is 14.8. The highest BCUT2D eigenvalue weighted by Crippen LogP contribution is 1.90. The van der Waals surface area contributed by atoms with Gasteiger partial charge < -0.3 is 10.7 Å². The van der Waals surface area contributed by atoms with Gasteiger partial charge in [-0.15, -0.1) is 0 Å². The van der Waals surface area contributed by atoms with E-state index in [1.807, 2.05) is 6.07 Å². The van der Waals surface area contributed by atoms with E-state index in [2.05, 4.69) is 4.98 Å². The standard InChI is InChI=1S/C4H6N2/c5-4-2-1-3-6-4/h1-3,6H,5H2. The Kier molecular flexibility index (Phi) is 0.572. The Hall–Kier alpha value is -0.920. The van der Waals surface area contributed by atoms with Crippen LogP contribution in [0.5, 0.6) is 0 Å². The van der Waals surface area contributed by atoms with Crippen molar-refractivity contribution in [3.05, 3.63) is 18.3 Å². The molecule has 0 aromatic carbocycles. The summed E-state index contributed by atoms with van der Waals surface area (Å²) in [5.41, 5.74) is 5.22. The molecular formula is C4H6N2. The fourth-order valence-corrected chi connectivity index (χ4v) is 0.344. The number of nitrogens with one attached hydrogen (secondary N) is 1. The Bertz CT molecular complexity index is 109. The van der Waals surface area contributed by atoms with Crippen LogP contribution in [0, 0.1) is 0 Å². The van der Waals surface area contributed by atoms with Gasteiger partial charge >= 0.3 is 0 Å². The zero-order chi connectivity index (χ0) is 4.41. The highest BCUT2D eigenvalue weighted by molar-refractivity contribution is 5.26. The maximum absolute atomic E-state index is 5.22. The molecule has 0 saturated heterocycles. The minimum atomic E-state index is 0.718. The third kappa shape index (κ3) is 0.360. The lowest BCUT2D eigenvalue weighted by atomic mass is 10.6. The maximum Gasteiger partial charge on any atom is 0.100 e. The predicted molar refractivity (Wildman–Crippen MR) is 25.2 cm³/mol. The monoisotopic (exact) mass is 82.1 g/mol. The summed E-state index contributed by atoms with van der Waals surface area (Å²) in [6, 6.07) is 3.66. The summed E-state index contributed by atoms with van der Waals surface area (Å²) in [4.78, 5) is 2.78. The van der Waals surface area contributed by atoms with Crippen molar-refractivity contribution < 1.29 is 0 Å². The molecule has 6 heavy (non-hydrogen) atoms. The van der Waals surface area contributed by atoms with Crippen LogP contribution in [0.2, 0.25) is 0 Å². The summed E-state index contributed by atoms with van der Waals surface area (Å²) in [7, 11) is 0. The van der Waals surface area contributed by atoms with E-state index < -0.39 is 0 Å². The number of H-pyrrole nitrogens is 1. The second-order valence-electron chi connectivity index (χ2n) is 1.13. The van der Waals surface area contributed by atoms with Crippen LogP contribution < -0.4 is 5.73 Å². The Morgan fingerprint density at radius 3 is 2.67 bits per heavy atom. The molecule has 3 N–H and O–H groups in total. The Balaban J connectivity index is 3.05. The van der Waals surface area contributed by atoms with E-state index >= 15 is 0 Å². The first-order chi connectivity index (χ1) is 2.89. The van der Waals surface area contributed by atoms with E-state index in [1.54, 1.807) is 12.3 Å². The van der Waals surface area contributed by atoms with Gasteiger partial charge in [-0.2, -0.15) is 0 Å². The smallest absolute Gasteiger partial charge is 0.100 e. The molecule has 2 nitrogen and oxygen atoms in total. The molecule has 0 spiro atoms. The summed E-state index contributed by atoms with van der Waals surface area (Å²) >= 11 is 0. The second-order valence-corrected chi connectivity index (χ2v) is 1.13. The number of nitrogens with two attached hydrogens (primary N) is 1. The molecule has 1 aromatic heterocycles. The third-order valence-electron chi connectivity index (χ3n) is 0.622. The molecule has 0 bridgehead atoms. The number of nitrogen functional groups attached to an aromatic ring is 1. The third-order valence-corrected chi connectivity index (χ3v) is 0.622. The summed E-state index contributed by atoms with van der Waals surface area (Å²) in [5, 5.41) is 0. The largest absolute Gasteiger partial charge is 0.385 e. The number of hydrogen-bond donors (Lipinski definition) is 2. The van der Waals surface area contributed by atoms with Crippen molar-refractivity contribution in [3.8, 4) is 0 Å². The molecule has 0 aliphatic heterocycles. The van der Waals surface area contributed by atoms with Gasteiger partial charge in [0.1, 0.15) is 5.82 Å². The molecular weight excluding hydrogens is 76.1 g/mol. The zero-order valence-electron chi connectivity index (χ0n) is 3.31. The number of rotatable bonds is 0. The normalized spacial score (nSPS) is 8.67. The van der Waals surface area contributed by atoms with Crippen LogP contribution >= 0.6 is 0 Å². The van der Waals surface area contributed by atoms with Crippen LogP contribution in [-0.2, 0) is 0 Å². The van der Waals surface area contributed by atoms with E-state index in [0.717, 1.165) is 5.82 Å². The Morgan fingerprint density at radius 1 is 1.67 bits per heavy atom. The number of hydrogen-bond acceptors (Lipinski definition) is 1. The van der Waals surface area contributed by atoms with Gasteiger partial charge in [-0.1, -0.05) is 0 Å². The SMILES string of the molecule is Nc1ccc[nH]1. The molecule has 0 aliphatic rings. The first kappa shape index (κ1) is 3.28. The predicted octanol–water partition coefficient (Wildman–Crippen LogP) is 0.597. The highest BCUT2D eigenvalue weighted by Gasteiger charge is 1.72. The van der Waals surface area contributed by atoms with Gasteiger partial charge in [0.25, 0.3) is 0 Å². The average molecular weight is 82.1 g/mol. The molecule has 0 atom stereocenters. The van der Waals surface area contributed by atoms with Gasteiger partial charge in [0.2, 0.25) is 0 Å². The van der Waals surface area contributed by atoms with Crippen LogP contribution in [0.4, 0.5) is 5.82 Å². The fourth-order valence-electron chi connectivity index (χ4n) is 0.344. The molecule has 1 heterocycles. The van der Waals surface area contributed by atoms with Gasteiger partial charge in [0.05, 0.1) is 0 Å². The number of aromatic nitrogens is 1. The topological polar surface area (TPSA) is 41.8 Å². The summed E-state index contributed by atoms with van der Waals surface area (Å²) < 4.78 is 0. The molecule has 0 aliphatic carbocycles. The summed E-state index contributed by atoms with van der Waals surface area (Å²) in [6.07, 6.45) is 1.79. The van der Waals surface area contributed by atoms with E-state index in [-0.39, 0.29) is 0 Å². The van der Waals surface area contributed by atoms with Crippen molar-refractivity contribution in [2.24, 2.45) is 0 Å². The molecule has 0 saturated carbocycles. The molecule has 1 rings (SSSR count). The molecule has 2 heteroatoms. The summed E-state index contributed by atoms with van der Waals surface area (Å²) in [5.74, 6) is 0.718. The van der Waals surface area contributed by atoms with E-state index in [1.165, 1.54) is 0 Å². The quantitative estimate of drug-likeness (QED) is 0.472. The maximum atomic E-state index is 5.22. The first-order valence-electron chi connectivity index (χ1n) is 1.78. The molecule has 0 unspecified atom stereocenters. The lowest BCUT2D eigenvalue weighted by molar-refractivity contribution is 1.42. The molecule has 0 amide bonds. The van der Waals surface area contributed by atoms with Gasteiger partial charge in [-0.25, -0.2) is 0 Å². The first-order valence-corrected chi connectivity index (χ1v) is 1.78. The van der Waals surface area contributed by atoms with Gasteiger partial charge in [0, 0.05) is 6.20 Å². The number of aromatic amines is 1. The van der Waals surface area contributed by atoms with Gasteiger partial charge in [-0.3, -0.25) is 0 Å². The van der Waals surface area contributed by atoms with Crippen LogP contribution in [0.3, 0.4) is 0 Å². The van der Waals surface area contributed by atoms with E-state index in [0.29, 0.717) is 0 Å². The van der Waals surface area contributed by atoms with Gasteiger partial charge in [-0.05, 0) is 12.1 Å². The van der Waals surface area contributed by atoms with Crippen molar-refractivity contribution in [3.63, 3.8) is 0 Å². The van der Waals surface area contributed by atoms with Crippen LogP contribution in [-0.4, -0.2) is 4.98 Å². The minimum Gasteiger partial charge on any atom is -0.385 e. The second kappa shape index (κ2) is 1.05. The van der Waals surface area contributed by atoms with Crippen molar-refractivity contribution >= 4 is 5.82 Å². The minimum absolute atomic E-state index is 0.718. The Morgan fingerprint density at radius 2 is 2.50 bits per heavy atom.